The predicted octanol–water partition coefficient (Wildman–Crippen LogP) is 3.15. The largest absolute Gasteiger partial charge is 0.478 e. The number of rotatable bonds is 5. The van der Waals surface area contributed by atoms with Gasteiger partial charge in [-0.25, -0.2) is 14.6 Å². The average Bonchev–Trinajstić information content (AvgIpc) is 3.08. The minimum Gasteiger partial charge on any atom is -0.478 e. The molecule has 0 amide bonds. The lowest BCUT2D eigenvalue weighted by Gasteiger charge is -2.24. The summed E-state index contributed by atoms with van der Waals surface area (Å²) in [6.45, 7) is 3.63. The first-order valence-corrected chi connectivity index (χ1v) is 11.3. The van der Waals surface area contributed by atoms with Crippen molar-refractivity contribution in [1.82, 2.24) is 4.57 Å². The molecule has 1 aromatic heterocycles. The molecule has 0 saturated carbocycles. The molecule has 1 N–H and O–H groups in total. The summed E-state index contributed by atoms with van der Waals surface area (Å²) in [5.74, 6) is -1.55. The van der Waals surface area contributed by atoms with Gasteiger partial charge in [-0.3, -0.25) is 9.36 Å². The first-order valence-electron chi connectivity index (χ1n) is 10.1. The number of aromatic carboxylic acids is 1. The molecule has 0 radical (unpaired) electrons. The second-order valence-corrected chi connectivity index (χ2v) is 8.73. The maximum absolute atomic E-state index is 13.5. The van der Waals surface area contributed by atoms with Crippen molar-refractivity contribution < 1.29 is 19.4 Å². The number of allylic oxidation sites excluding steroid dienone is 1. The van der Waals surface area contributed by atoms with E-state index in [0.29, 0.717) is 36.8 Å². The van der Waals surface area contributed by atoms with Crippen molar-refractivity contribution in [2.75, 3.05) is 6.61 Å². The Balaban J connectivity index is 1.90. The van der Waals surface area contributed by atoms with E-state index in [9.17, 15) is 14.4 Å². The molecule has 0 bridgehead atoms. The van der Waals surface area contributed by atoms with Gasteiger partial charge in [0.25, 0.3) is 5.56 Å². The van der Waals surface area contributed by atoms with E-state index in [1.165, 1.54) is 28.0 Å². The highest BCUT2D eigenvalue weighted by Gasteiger charge is 2.33. The fraction of sp³-hybridized carbons (Fsp3) is 0.167. The monoisotopic (exact) mass is 482 g/mol. The number of carboxylic acids is 1. The van der Waals surface area contributed by atoms with Crippen LogP contribution in [0.2, 0.25) is 5.02 Å². The Kier molecular flexibility index (Phi) is 6.31. The summed E-state index contributed by atoms with van der Waals surface area (Å²) in [7, 11) is 0. The van der Waals surface area contributed by atoms with Gasteiger partial charge in [-0.15, -0.1) is 0 Å². The van der Waals surface area contributed by atoms with E-state index in [2.05, 4.69) is 4.99 Å². The van der Waals surface area contributed by atoms with Crippen molar-refractivity contribution in [1.29, 1.82) is 0 Å². The fourth-order valence-corrected chi connectivity index (χ4v) is 4.80. The van der Waals surface area contributed by atoms with E-state index >= 15 is 0 Å². The molecule has 0 unspecified atom stereocenters. The van der Waals surface area contributed by atoms with Crippen LogP contribution in [0.4, 0.5) is 0 Å². The molecule has 0 spiro atoms. The van der Waals surface area contributed by atoms with E-state index in [1.807, 2.05) is 0 Å². The molecule has 1 aliphatic rings. The summed E-state index contributed by atoms with van der Waals surface area (Å²) in [5, 5.41) is 9.62. The van der Waals surface area contributed by atoms with Gasteiger partial charge in [0.05, 0.1) is 34.0 Å². The van der Waals surface area contributed by atoms with Crippen LogP contribution in [-0.2, 0) is 9.53 Å². The lowest BCUT2D eigenvalue weighted by Crippen LogP contribution is -2.39. The zero-order valence-electron chi connectivity index (χ0n) is 17.7. The third-order valence-corrected chi connectivity index (χ3v) is 6.39. The molecular weight excluding hydrogens is 464 g/mol. The van der Waals surface area contributed by atoms with Crippen LogP contribution in [-0.4, -0.2) is 28.2 Å². The third kappa shape index (κ3) is 4.40. The number of esters is 1. The Bertz CT molecular complexity index is 1450. The highest BCUT2D eigenvalue weighted by Crippen LogP contribution is 2.31. The maximum Gasteiger partial charge on any atom is 0.338 e. The van der Waals surface area contributed by atoms with Gasteiger partial charge in [0.15, 0.2) is 4.80 Å². The number of nitrogens with zero attached hydrogens (tertiary/aromatic N) is 2. The lowest BCUT2D eigenvalue weighted by molar-refractivity contribution is -0.139. The van der Waals surface area contributed by atoms with Crippen LogP contribution in [0.15, 0.2) is 69.6 Å². The summed E-state index contributed by atoms with van der Waals surface area (Å²) in [6.07, 6.45) is 1.68. The van der Waals surface area contributed by atoms with E-state index in [1.54, 1.807) is 56.3 Å². The minimum absolute atomic E-state index is 0.158. The van der Waals surface area contributed by atoms with Crippen LogP contribution in [0, 0.1) is 0 Å². The van der Waals surface area contributed by atoms with Gasteiger partial charge >= 0.3 is 11.9 Å². The Morgan fingerprint density at radius 2 is 1.85 bits per heavy atom. The average molecular weight is 483 g/mol. The standard InChI is InChI=1S/C24H19ClN2O5S/c1-3-32-23(31)19-13(2)26-24-27(20(19)15-8-10-17(25)11-9-15)21(28)18(33-24)12-14-4-6-16(7-5-14)22(29)30/h4-12,20H,3H2,1-2H3,(H,29,30)/b18-12-/t20-/m1/s1. The Labute approximate surface area is 197 Å². The highest BCUT2D eigenvalue weighted by molar-refractivity contribution is 7.07. The van der Waals surface area contributed by atoms with E-state index < -0.39 is 18.0 Å². The number of aromatic nitrogens is 1. The number of hydrogen-bond donors (Lipinski definition) is 1. The van der Waals surface area contributed by atoms with E-state index in [-0.39, 0.29) is 17.7 Å². The Morgan fingerprint density at radius 3 is 2.45 bits per heavy atom. The number of ether oxygens (including phenoxy) is 1. The van der Waals surface area contributed by atoms with E-state index in [0.717, 1.165) is 0 Å². The number of benzene rings is 2. The van der Waals surface area contributed by atoms with Gasteiger partial charge in [-0.2, -0.15) is 0 Å². The van der Waals surface area contributed by atoms with Crippen molar-refractivity contribution in [3.05, 3.63) is 101 Å². The molecule has 0 aliphatic carbocycles. The number of halogens is 1. The van der Waals surface area contributed by atoms with E-state index in [4.69, 9.17) is 21.4 Å². The second-order valence-electron chi connectivity index (χ2n) is 7.28. The van der Waals surface area contributed by atoms with Gasteiger partial charge in [-0.1, -0.05) is 47.2 Å². The Hall–Kier alpha value is -3.49. The maximum atomic E-state index is 13.5. The van der Waals surface area contributed by atoms with Crippen LogP contribution >= 0.6 is 22.9 Å². The number of carboxylic acid groups (broad SMARTS) is 1. The van der Waals surface area contributed by atoms with Gasteiger partial charge in [0.2, 0.25) is 0 Å². The SMILES string of the molecule is CCOC(=O)C1=C(C)N=c2s/c(=C\c3ccc(C(=O)O)cc3)c(=O)n2[C@@H]1c1ccc(Cl)cc1. The van der Waals surface area contributed by atoms with Gasteiger partial charge in [0, 0.05) is 5.02 Å². The summed E-state index contributed by atoms with van der Waals surface area (Å²) in [6, 6.07) is 12.5. The first-order chi connectivity index (χ1) is 15.8. The van der Waals surface area contributed by atoms with Gasteiger partial charge in [-0.05, 0) is 55.3 Å². The molecule has 9 heteroatoms. The molecule has 168 valence electrons. The third-order valence-electron chi connectivity index (χ3n) is 5.16. The minimum atomic E-state index is -1.02. The van der Waals surface area contributed by atoms with Crippen LogP contribution in [0.1, 0.15) is 41.4 Å². The predicted molar refractivity (Wildman–Crippen MR) is 125 cm³/mol. The number of carbonyl (C=O) groups excluding carboxylic acids is 1. The molecule has 2 heterocycles. The molecule has 0 fully saturated rings. The molecule has 7 nitrogen and oxygen atoms in total. The number of carbonyl (C=O) groups is 2. The summed E-state index contributed by atoms with van der Waals surface area (Å²) < 4.78 is 7.17. The van der Waals surface area contributed by atoms with Crippen LogP contribution in [0.25, 0.3) is 6.08 Å². The zero-order valence-corrected chi connectivity index (χ0v) is 19.3. The number of hydrogen-bond acceptors (Lipinski definition) is 6. The number of thiazole rings is 1. The molecule has 0 saturated heterocycles. The van der Waals surface area contributed by atoms with Crippen LogP contribution < -0.4 is 14.9 Å². The van der Waals surface area contributed by atoms with Crippen molar-refractivity contribution in [3.63, 3.8) is 0 Å². The molecule has 4 rings (SSSR count). The first kappa shape index (κ1) is 22.7. The molecule has 1 aliphatic heterocycles. The summed E-state index contributed by atoms with van der Waals surface area (Å²) in [4.78, 5) is 42.4. The van der Waals surface area contributed by atoms with Crippen molar-refractivity contribution >= 4 is 41.0 Å². The second kappa shape index (κ2) is 9.17. The molecule has 1 atom stereocenters. The summed E-state index contributed by atoms with van der Waals surface area (Å²) >= 11 is 7.25. The quantitative estimate of drug-likeness (QED) is 0.563. The Morgan fingerprint density at radius 1 is 1.18 bits per heavy atom. The lowest BCUT2D eigenvalue weighted by atomic mass is 9.96. The molecule has 2 aromatic carbocycles. The van der Waals surface area contributed by atoms with Crippen molar-refractivity contribution in [2.24, 2.45) is 4.99 Å². The van der Waals surface area contributed by atoms with Crippen LogP contribution in [0.3, 0.4) is 0 Å². The molecule has 3 aromatic rings. The smallest absolute Gasteiger partial charge is 0.338 e. The summed E-state index contributed by atoms with van der Waals surface area (Å²) in [5.41, 5.74) is 2.00. The molecule has 33 heavy (non-hydrogen) atoms. The number of fused-ring (bicyclic) bond motifs is 1. The topological polar surface area (TPSA) is 98.0 Å². The zero-order chi connectivity index (χ0) is 23.7. The normalized spacial score (nSPS) is 15.7. The fourth-order valence-electron chi connectivity index (χ4n) is 3.63. The van der Waals surface area contributed by atoms with Crippen LogP contribution in [0.5, 0.6) is 0 Å². The van der Waals surface area contributed by atoms with Crippen molar-refractivity contribution in [3.8, 4) is 0 Å². The highest BCUT2D eigenvalue weighted by atomic mass is 35.5. The van der Waals surface area contributed by atoms with Crippen molar-refractivity contribution in [2.45, 2.75) is 19.9 Å². The van der Waals surface area contributed by atoms with Gasteiger partial charge in [0.1, 0.15) is 0 Å². The van der Waals surface area contributed by atoms with Gasteiger partial charge < -0.3 is 9.84 Å². The molecular formula is C24H19ClN2O5S.